The lowest BCUT2D eigenvalue weighted by molar-refractivity contribution is -0.220. The van der Waals surface area contributed by atoms with Gasteiger partial charge in [0.2, 0.25) is 0 Å². The van der Waals surface area contributed by atoms with Gasteiger partial charge in [-0.25, -0.2) is 4.57 Å². The van der Waals surface area contributed by atoms with Gasteiger partial charge >= 0.3 is 19.8 Å². The van der Waals surface area contributed by atoms with Crippen LogP contribution in [0.2, 0.25) is 0 Å². The molecule has 60 heavy (non-hydrogen) atoms. The van der Waals surface area contributed by atoms with Crippen molar-refractivity contribution in [1.82, 2.24) is 0 Å². The van der Waals surface area contributed by atoms with E-state index in [4.69, 9.17) is 18.5 Å². The van der Waals surface area contributed by atoms with Crippen molar-refractivity contribution in [2.75, 3.05) is 13.2 Å². The van der Waals surface area contributed by atoms with Gasteiger partial charge in [0.25, 0.3) is 0 Å². The van der Waals surface area contributed by atoms with Crippen LogP contribution >= 0.6 is 7.82 Å². The number of aliphatic hydroxyl groups is 5. The van der Waals surface area contributed by atoms with Crippen molar-refractivity contribution in [3.63, 3.8) is 0 Å². The Balaban J connectivity index is 2.49. The lowest BCUT2D eigenvalue weighted by atomic mass is 9.85. The zero-order valence-electron chi connectivity index (χ0n) is 37.0. The summed E-state index contributed by atoms with van der Waals surface area (Å²) < 4.78 is 33.5. The van der Waals surface area contributed by atoms with Crippen molar-refractivity contribution in [2.24, 2.45) is 0 Å². The summed E-state index contributed by atoms with van der Waals surface area (Å²) in [6.07, 6.45) is 27.8. The van der Waals surface area contributed by atoms with Gasteiger partial charge in [-0.3, -0.25) is 18.6 Å². The third kappa shape index (κ3) is 28.6. The maximum absolute atomic E-state index is 12.8. The van der Waals surface area contributed by atoms with Gasteiger partial charge in [-0.2, -0.15) is 0 Å². The molecule has 1 saturated carbocycles. The van der Waals surface area contributed by atoms with Crippen LogP contribution < -0.4 is 0 Å². The number of hydrogen-bond donors (Lipinski definition) is 6. The fourth-order valence-corrected chi connectivity index (χ4v) is 7.88. The lowest BCUT2D eigenvalue weighted by Gasteiger charge is -2.41. The number of hydrogen-bond acceptors (Lipinski definition) is 12. The zero-order chi connectivity index (χ0) is 44.3. The second-order valence-corrected chi connectivity index (χ2v) is 17.7. The molecule has 6 N–H and O–H groups in total. The first kappa shape index (κ1) is 56.1. The van der Waals surface area contributed by atoms with Crippen molar-refractivity contribution < 1.29 is 63.1 Å². The van der Waals surface area contributed by atoms with Crippen molar-refractivity contribution in [3.05, 3.63) is 36.5 Å². The second-order valence-electron chi connectivity index (χ2n) is 16.3. The standard InChI is InChI=1S/C46H83O13P/c1-3-5-7-9-11-13-15-17-19-20-21-23-24-26-28-30-32-34-39(47)56-36-38(37-57-60(54,55)59-46-44(52)42(50)41(49)43(51)45(46)53)58-40(48)35-33-31-29-27-25-22-18-16-14-12-10-8-6-4-2/h16,18,21,23,26,28,38,41-46,49-53H,3-15,17,19-20,22,24-25,27,29-37H2,1-2H3,(H,54,55)/b18-16+,23-21+,28-26+/t38-,41?,42-,43?,44?,45?,46?/m0/s1. The largest absolute Gasteiger partial charge is 0.472 e. The SMILES string of the molecule is CCCCCCC/C=C/CCCCCCCC(=O)O[C@@H](COC(=O)CCC/C=C/C/C=C/CCCCCCCCCCC)COP(=O)(O)OC1C(O)C(O)C(O)[C@H](O)C1O. The lowest BCUT2D eigenvalue weighted by Crippen LogP contribution is -2.64. The molecule has 6 unspecified atom stereocenters. The number of aliphatic hydroxyl groups excluding tert-OH is 5. The van der Waals surface area contributed by atoms with E-state index in [0.717, 1.165) is 51.4 Å². The quantitative estimate of drug-likeness (QED) is 0.0148. The number of esters is 2. The normalized spacial score (nSPS) is 22.5. The summed E-state index contributed by atoms with van der Waals surface area (Å²) in [5, 5.41) is 50.1. The van der Waals surface area contributed by atoms with Crippen molar-refractivity contribution in [3.8, 4) is 0 Å². The zero-order valence-corrected chi connectivity index (χ0v) is 37.9. The van der Waals surface area contributed by atoms with Gasteiger partial charge in [0.15, 0.2) is 6.10 Å². The Kier molecular flexibility index (Phi) is 34.2. The maximum Gasteiger partial charge on any atom is 0.472 e. The van der Waals surface area contributed by atoms with E-state index in [1.807, 2.05) is 6.08 Å². The minimum absolute atomic E-state index is 0.0784. The second kappa shape index (κ2) is 36.5. The highest BCUT2D eigenvalue weighted by Crippen LogP contribution is 2.47. The average molecular weight is 875 g/mol. The molecule has 14 heteroatoms. The molecule has 1 fully saturated rings. The summed E-state index contributed by atoms with van der Waals surface area (Å²) >= 11 is 0. The summed E-state index contributed by atoms with van der Waals surface area (Å²) in [6, 6.07) is 0. The summed E-state index contributed by atoms with van der Waals surface area (Å²) in [6.45, 7) is 3.24. The Morgan fingerprint density at radius 2 is 0.917 bits per heavy atom. The van der Waals surface area contributed by atoms with Crippen LogP contribution in [-0.2, 0) is 32.7 Å². The van der Waals surface area contributed by atoms with Crippen molar-refractivity contribution >= 4 is 19.8 Å². The van der Waals surface area contributed by atoms with E-state index in [1.165, 1.54) is 89.9 Å². The van der Waals surface area contributed by atoms with Gasteiger partial charge in [-0.1, -0.05) is 147 Å². The van der Waals surface area contributed by atoms with E-state index in [0.29, 0.717) is 19.3 Å². The smallest absolute Gasteiger partial charge is 0.462 e. The van der Waals surface area contributed by atoms with Crippen LogP contribution in [0.25, 0.3) is 0 Å². The first-order valence-corrected chi connectivity index (χ1v) is 24.8. The van der Waals surface area contributed by atoms with Crippen molar-refractivity contribution in [1.29, 1.82) is 0 Å². The number of unbranched alkanes of at least 4 members (excludes halogenated alkanes) is 20. The van der Waals surface area contributed by atoms with Crippen LogP contribution in [-0.4, -0.2) is 98.3 Å². The van der Waals surface area contributed by atoms with E-state index >= 15 is 0 Å². The molecular weight excluding hydrogens is 791 g/mol. The van der Waals surface area contributed by atoms with Gasteiger partial charge in [0.1, 0.15) is 43.2 Å². The molecule has 1 aliphatic rings. The Labute approximate surface area is 361 Å². The van der Waals surface area contributed by atoms with Gasteiger partial charge in [-0.15, -0.1) is 0 Å². The van der Waals surface area contributed by atoms with Crippen LogP contribution in [0.4, 0.5) is 0 Å². The van der Waals surface area contributed by atoms with Crippen LogP contribution in [0.15, 0.2) is 36.5 Å². The summed E-state index contributed by atoms with van der Waals surface area (Å²) in [5.41, 5.74) is 0. The Morgan fingerprint density at radius 3 is 1.42 bits per heavy atom. The van der Waals surface area contributed by atoms with Crippen molar-refractivity contribution in [2.45, 2.75) is 230 Å². The van der Waals surface area contributed by atoms with Gasteiger partial charge in [0, 0.05) is 12.8 Å². The Morgan fingerprint density at radius 1 is 0.517 bits per heavy atom. The number of carbonyl (C=O) groups excluding carboxylic acids is 2. The molecule has 0 heterocycles. The molecule has 0 bridgehead atoms. The van der Waals surface area contributed by atoms with Gasteiger partial charge in [-0.05, 0) is 64.2 Å². The fourth-order valence-electron chi connectivity index (χ4n) is 6.91. The molecule has 0 saturated heterocycles. The molecule has 8 atom stereocenters. The van der Waals surface area contributed by atoms with Gasteiger partial charge < -0.3 is 39.9 Å². The third-order valence-electron chi connectivity index (χ3n) is 10.7. The topological polar surface area (TPSA) is 210 Å². The monoisotopic (exact) mass is 875 g/mol. The van der Waals surface area contributed by atoms with E-state index < -0.39 is 75.7 Å². The molecule has 0 amide bonds. The fraction of sp³-hybridized carbons (Fsp3) is 0.826. The minimum Gasteiger partial charge on any atom is -0.462 e. The van der Waals surface area contributed by atoms with Crippen LogP contribution in [0.5, 0.6) is 0 Å². The number of phosphoric acid groups is 1. The van der Waals surface area contributed by atoms with Gasteiger partial charge in [0.05, 0.1) is 6.61 Å². The van der Waals surface area contributed by atoms with E-state index in [9.17, 15) is 44.6 Å². The first-order valence-electron chi connectivity index (χ1n) is 23.3. The molecule has 350 valence electrons. The predicted octanol–water partition coefficient (Wildman–Crippen LogP) is 9.00. The molecule has 0 aromatic heterocycles. The molecule has 13 nitrogen and oxygen atoms in total. The molecule has 1 aliphatic carbocycles. The molecular formula is C46H83O13P. The Bertz CT molecular complexity index is 1190. The summed E-state index contributed by atoms with van der Waals surface area (Å²) in [4.78, 5) is 35.6. The molecule has 0 spiro atoms. The average Bonchev–Trinajstić information content (AvgIpc) is 3.23. The highest BCUT2D eigenvalue weighted by Gasteiger charge is 2.51. The first-order chi connectivity index (χ1) is 28.9. The molecule has 0 aromatic carbocycles. The molecule has 0 radical (unpaired) electrons. The summed E-state index contributed by atoms with van der Waals surface area (Å²) in [5.74, 6) is -1.16. The third-order valence-corrected chi connectivity index (χ3v) is 11.7. The molecule has 0 aromatic rings. The molecule has 0 aliphatic heterocycles. The predicted molar refractivity (Wildman–Crippen MR) is 235 cm³/mol. The number of ether oxygens (including phenoxy) is 2. The number of rotatable bonds is 38. The van der Waals surface area contributed by atoms with Crippen LogP contribution in [0.1, 0.15) is 187 Å². The molecule has 1 rings (SSSR count). The number of carbonyl (C=O) groups is 2. The van der Waals surface area contributed by atoms with E-state index in [-0.39, 0.29) is 12.8 Å². The Hall–Kier alpha value is -1.93. The minimum atomic E-state index is -5.13. The highest BCUT2D eigenvalue weighted by molar-refractivity contribution is 7.47. The maximum atomic E-state index is 12.8. The van der Waals surface area contributed by atoms with Crippen LogP contribution in [0, 0.1) is 0 Å². The van der Waals surface area contributed by atoms with Crippen LogP contribution in [0.3, 0.4) is 0 Å². The summed E-state index contributed by atoms with van der Waals surface area (Å²) in [7, 11) is -5.13. The number of phosphoric ester groups is 1. The van der Waals surface area contributed by atoms with E-state index in [2.05, 4.69) is 44.2 Å². The van der Waals surface area contributed by atoms with E-state index in [1.54, 1.807) is 0 Å². The number of allylic oxidation sites excluding steroid dienone is 6. The highest BCUT2D eigenvalue weighted by atomic mass is 31.2.